The molecule has 0 fully saturated rings. The standard InChI is InChI=1S/C14H18Cl2N2O3/c1-4-8(2)12(13(19)21-3)18-14(20)17-10-7-5-6-9(15)11(10)16/h5-8,12H,4H2,1-3H3,(H2,17,18,20)/t8-,12-/m0/s1. The fourth-order valence-corrected chi connectivity index (χ4v) is 2.04. The van der Waals surface area contributed by atoms with E-state index >= 15 is 0 Å². The van der Waals surface area contributed by atoms with E-state index in [4.69, 9.17) is 27.9 Å². The van der Waals surface area contributed by atoms with Gasteiger partial charge in [0.25, 0.3) is 0 Å². The Bertz CT molecular complexity index is 523. The van der Waals surface area contributed by atoms with Gasteiger partial charge >= 0.3 is 12.0 Å². The van der Waals surface area contributed by atoms with Crippen molar-refractivity contribution in [3.8, 4) is 0 Å². The summed E-state index contributed by atoms with van der Waals surface area (Å²) in [6, 6.07) is 3.62. The molecule has 0 saturated carbocycles. The van der Waals surface area contributed by atoms with Crippen LogP contribution in [-0.2, 0) is 9.53 Å². The molecule has 1 rings (SSSR count). The Morgan fingerprint density at radius 1 is 1.33 bits per heavy atom. The lowest BCUT2D eigenvalue weighted by molar-refractivity contribution is -0.144. The molecule has 2 N–H and O–H groups in total. The van der Waals surface area contributed by atoms with Crippen LogP contribution in [0.3, 0.4) is 0 Å². The molecular weight excluding hydrogens is 315 g/mol. The Kier molecular flexibility index (Phi) is 6.78. The molecule has 0 heterocycles. The first-order valence-electron chi connectivity index (χ1n) is 6.50. The number of ether oxygens (including phenoxy) is 1. The summed E-state index contributed by atoms with van der Waals surface area (Å²) in [4.78, 5) is 23.7. The van der Waals surface area contributed by atoms with E-state index in [1.807, 2.05) is 13.8 Å². The molecule has 7 heteroatoms. The van der Waals surface area contributed by atoms with E-state index in [0.29, 0.717) is 10.7 Å². The first kappa shape index (κ1) is 17.6. The zero-order valence-corrected chi connectivity index (χ0v) is 13.6. The summed E-state index contributed by atoms with van der Waals surface area (Å²) in [6.45, 7) is 3.78. The van der Waals surface area contributed by atoms with Crippen molar-refractivity contribution in [1.29, 1.82) is 0 Å². The number of urea groups is 1. The van der Waals surface area contributed by atoms with Crippen molar-refractivity contribution in [1.82, 2.24) is 5.32 Å². The van der Waals surface area contributed by atoms with Gasteiger partial charge in [0.2, 0.25) is 0 Å². The maximum Gasteiger partial charge on any atom is 0.328 e. The van der Waals surface area contributed by atoms with Gasteiger partial charge in [0, 0.05) is 0 Å². The lowest BCUT2D eigenvalue weighted by Gasteiger charge is -2.22. The van der Waals surface area contributed by atoms with Crippen LogP contribution in [0.1, 0.15) is 20.3 Å². The van der Waals surface area contributed by atoms with Crippen molar-refractivity contribution in [2.24, 2.45) is 5.92 Å². The third-order valence-corrected chi connectivity index (χ3v) is 3.97. The number of methoxy groups -OCH3 is 1. The van der Waals surface area contributed by atoms with Crippen molar-refractivity contribution < 1.29 is 14.3 Å². The quantitative estimate of drug-likeness (QED) is 0.808. The van der Waals surface area contributed by atoms with Crippen LogP contribution in [0.25, 0.3) is 0 Å². The molecule has 0 saturated heterocycles. The number of benzene rings is 1. The minimum atomic E-state index is -0.724. The number of halogens is 2. The Balaban J connectivity index is 2.78. The average Bonchev–Trinajstić information content (AvgIpc) is 2.48. The van der Waals surface area contributed by atoms with Gasteiger partial charge in [-0.15, -0.1) is 0 Å². The SMILES string of the molecule is CC[C@H](C)[C@H](NC(=O)Nc1cccc(Cl)c1Cl)C(=O)OC. The van der Waals surface area contributed by atoms with E-state index in [-0.39, 0.29) is 10.9 Å². The molecule has 1 aromatic rings. The Morgan fingerprint density at radius 2 is 2.00 bits per heavy atom. The van der Waals surface area contributed by atoms with Crippen LogP contribution < -0.4 is 10.6 Å². The van der Waals surface area contributed by atoms with Crippen LogP contribution >= 0.6 is 23.2 Å². The molecule has 5 nitrogen and oxygen atoms in total. The van der Waals surface area contributed by atoms with Crippen LogP contribution in [0, 0.1) is 5.92 Å². The minimum absolute atomic E-state index is 0.0574. The molecule has 0 aliphatic heterocycles. The van der Waals surface area contributed by atoms with Crippen LogP contribution in [0.2, 0.25) is 10.0 Å². The average molecular weight is 333 g/mol. The van der Waals surface area contributed by atoms with Crippen LogP contribution in [0.4, 0.5) is 10.5 Å². The number of anilines is 1. The molecule has 0 radical (unpaired) electrons. The van der Waals surface area contributed by atoms with Gasteiger partial charge in [-0.3, -0.25) is 0 Å². The maximum absolute atomic E-state index is 12.0. The lowest BCUT2D eigenvalue weighted by Crippen LogP contribution is -2.47. The molecule has 21 heavy (non-hydrogen) atoms. The fourth-order valence-electron chi connectivity index (χ4n) is 1.70. The minimum Gasteiger partial charge on any atom is -0.467 e. The first-order valence-corrected chi connectivity index (χ1v) is 7.25. The van der Waals surface area contributed by atoms with Crippen molar-refractivity contribution in [3.05, 3.63) is 28.2 Å². The molecule has 0 aliphatic rings. The molecule has 2 amide bonds. The second kappa shape index (κ2) is 8.10. The normalized spacial score (nSPS) is 13.2. The smallest absolute Gasteiger partial charge is 0.328 e. The van der Waals surface area contributed by atoms with Crippen LogP contribution in [-0.4, -0.2) is 25.2 Å². The predicted molar refractivity (Wildman–Crippen MR) is 83.9 cm³/mol. The number of hydrogen-bond donors (Lipinski definition) is 2. The number of rotatable bonds is 5. The summed E-state index contributed by atoms with van der Waals surface area (Å²) >= 11 is 11.9. The molecule has 0 aromatic heterocycles. The Labute approximate surface area is 133 Å². The van der Waals surface area contributed by atoms with Gasteiger partial charge in [0.15, 0.2) is 0 Å². The largest absolute Gasteiger partial charge is 0.467 e. The fraction of sp³-hybridized carbons (Fsp3) is 0.429. The predicted octanol–water partition coefficient (Wildman–Crippen LogP) is 3.70. The summed E-state index contributed by atoms with van der Waals surface area (Å²) in [5.41, 5.74) is 0.370. The Morgan fingerprint density at radius 3 is 2.57 bits per heavy atom. The van der Waals surface area contributed by atoms with Gasteiger partial charge in [-0.1, -0.05) is 49.5 Å². The first-order chi connectivity index (χ1) is 9.90. The second-order valence-electron chi connectivity index (χ2n) is 4.59. The van der Waals surface area contributed by atoms with E-state index in [9.17, 15) is 9.59 Å². The lowest BCUT2D eigenvalue weighted by atomic mass is 9.99. The highest BCUT2D eigenvalue weighted by Gasteiger charge is 2.26. The number of esters is 1. The molecule has 0 bridgehead atoms. The van der Waals surface area contributed by atoms with E-state index in [1.54, 1.807) is 18.2 Å². The van der Waals surface area contributed by atoms with Gasteiger partial charge in [0.1, 0.15) is 6.04 Å². The number of hydrogen-bond acceptors (Lipinski definition) is 3. The number of carbonyl (C=O) groups excluding carboxylic acids is 2. The molecule has 0 spiro atoms. The molecule has 2 atom stereocenters. The summed E-state index contributed by atoms with van der Waals surface area (Å²) < 4.78 is 4.70. The van der Waals surface area contributed by atoms with Crippen molar-refractivity contribution in [3.63, 3.8) is 0 Å². The van der Waals surface area contributed by atoms with E-state index < -0.39 is 18.0 Å². The molecule has 0 unspecified atom stereocenters. The number of nitrogens with one attached hydrogen (secondary N) is 2. The highest BCUT2D eigenvalue weighted by molar-refractivity contribution is 6.43. The summed E-state index contributed by atoms with van der Waals surface area (Å²) in [6.07, 6.45) is 0.720. The van der Waals surface area contributed by atoms with Gasteiger partial charge < -0.3 is 15.4 Å². The van der Waals surface area contributed by atoms with Gasteiger partial charge in [-0.25, -0.2) is 9.59 Å². The third kappa shape index (κ3) is 4.79. The zero-order chi connectivity index (χ0) is 16.0. The van der Waals surface area contributed by atoms with Crippen LogP contribution in [0.5, 0.6) is 0 Å². The van der Waals surface area contributed by atoms with Gasteiger partial charge in [0.05, 0.1) is 22.8 Å². The highest BCUT2D eigenvalue weighted by atomic mass is 35.5. The molecular formula is C14H18Cl2N2O3. The van der Waals surface area contributed by atoms with Crippen molar-refractivity contribution in [2.75, 3.05) is 12.4 Å². The second-order valence-corrected chi connectivity index (χ2v) is 5.37. The van der Waals surface area contributed by atoms with Gasteiger partial charge in [-0.2, -0.15) is 0 Å². The van der Waals surface area contributed by atoms with Crippen molar-refractivity contribution in [2.45, 2.75) is 26.3 Å². The third-order valence-electron chi connectivity index (χ3n) is 3.15. The van der Waals surface area contributed by atoms with E-state index in [0.717, 1.165) is 6.42 Å². The molecule has 116 valence electrons. The highest BCUT2D eigenvalue weighted by Crippen LogP contribution is 2.29. The number of carbonyl (C=O) groups is 2. The zero-order valence-electron chi connectivity index (χ0n) is 12.1. The summed E-state index contributed by atoms with van der Waals surface area (Å²) in [7, 11) is 1.28. The number of amides is 2. The summed E-state index contributed by atoms with van der Waals surface area (Å²) in [5, 5.41) is 5.73. The molecule has 1 aromatic carbocycles. The molecule has 0 aliphatic carbocycles. The maximum atomic E-state index is 12.0. The van der Waals surface area contributed by atoms with Crippen molar-refractivity contribution >= 4 is 40.9 Å². The van der Waals surface area contributed by atoms with E-state index in [1.165, 1.54) is 7.11 Å². The topological polar surface area (TPSA) is 67.4 Å². The Hall–Kier alpha value is -1.46. The van der Waals surface area contributed by atoms with Gasteiger partial charge in [-0.05, 0) is 18.1 Å². The monoisotopic (exact) mass is 332 g/mol. The summed E-state index contributed by atoms with van der Waals surface area (Å²) in [5.74, 6) is -0.547. The van der Waals surface area contributed by atoms with E-state index in [2.05, 4.69) is 10.6 Å². The van der Waals surface area contributed by atoms with Crippen LogP contribution in [0.15, 0.2) is 18.2 Å².